The van der Waals surface area contributed by atoms with Crippen molar-refractivity contribution in [1.29, 1.82) is 0 Å². The Morgan fingerprint density at radius 1 is 1.21 bits per heavy atom. The maximum absolute atomic E-state index is 12.4. The largest absolute Gasteiger partial charge is 0.497 e. The molecule has 2 aromatic rings. The monoisotopic (exact) mass is 381 g/mol. The maximum Gasteiger partial charge on any atom is 0.315 e. The van der Waals surface area contributed by atoms with E-state index in [1.54, 1.807) is 12.0 Å². The lowest BCUT2D eigenvalue weighted by Gasteiger charge is -2.19. The van der Waals surface area contributed by atoms with Crippen molar-refractivity contribution in [3.8, 4) is 5.75 Å². The van der Waals surface area contributed by atoms with Crippen molar-refractivity contribution in [2.45, 2.75) is 38.3 Å². The lowest BCUT2D eigenvalue weighted by atomic mass is 10.1. The highest BCUT2D eigenvalue weighted by Gasteiger charge is 2.31. The topological polar surface area (TPSA) is 70.7 Å². The van der Waals surface area contributed by atoms with Crippen LogP contribution in [0.4, 0.5) is 10.5 Å². The van der Waals surface area contributed by atoms with Crippen LogP contribution >= 0.6 is 0 Å². The second-order valence-electron chi connectivity index (χ2n) is 7.15. The van der Waals surface area contributed by atoms with Gasteiger partial charge in [0.1, 0.15) is 5.75 Å². The first-order chi connectivity index (χ1) is 13.5. The second kappa shape index (κ2) is 9.26. The highest BCUT2D eigenvalue weighted by atomic mass is 16.5. The normalized spacial score (nSPS) is 17.3. The van der Waals surface area contributed by atoms with Gasteiger partial charge in [-0.2, -0.15) is 0 Å². The Hall–Kier alpha value is -3.02. The van der Waals surface area contributed by atoms with E-state index in [1.807, 2.05) is 49.4 Å². The number of nitrogens with zero attached hydrogens (tertiary/aromatic N) is 1. The van der Waals surface area contributed by atoms with Gasteiger partial charge in [-0.05, 0) is 37.5 Å². The highest BCUT2D eigenvalue weighted by Crippen LogP contribution is 2.25. The Bertz CT molecular complexity index is 810. The van der Waals surface area contributed by atoms with Crippen molar-refractivity contribution in [2.75, 3.05) is 18.6 Å². The van der Waals surface area contributed by atoms with Gasteiger partial charge in [0.15, 0.2) is 0 Å². The predicted octanol–water partition coefficient (Wildman–Crippen LogP) is 3.12. The van der Waals surface area contributed by atoms with Crippen LogP contribution in [0, 0.1) is 0 Å². The van der Waals surface area contributed by atoms with Gasteiger partial charge in [0.25, 0.3) is 0 Å². The number of amides is 3. The molecule has 0 bridgehead atoms. The van der Waals surface area contributed by atoms with Crippen molar-refractivity contribution in [3.05, 3.63) is 60.2 Å². The lowest BCUT2D eigenvalue weighted by molar-refractivity contribution is -0.117. The Kier molecular flexibility index (Phi) is 6.53. The summed E-state index contributed by atoms with van der Waals surface area (Å²) in [7, 11) is 1.60. The summed E-state index contributed by atoms with van der Waals surface area (Å²) < 4.78 is 5.22. The molecule has 0 saturated carbocycles. The fraction of sp³-hybridized carbons (Fsp3) is 0.364. The molecule has 1 heterocycles. The number of rotatable bonds is 7. The Balaban J connectivity index is 1.47. The SMILES string of the molecule is COc1cccc(N2C[C@@H](NC(=O)N[C@@H](C)CCc3ccccc3)CC2=O)c1. The Morgan fingerprint density at radius 3 is 2.75 bits per heavy atom. The Labute approximate surface area is 165 Å². The zero-order valence-electron chi connectivity index (χ0n) is 16.4. The summed E-state index contributed by atoms with van der Waals surface area (Å²) in [6.07, 6.45) is 2.06. The van der Waals surface area contributed by atoms with Crippen molar-refractivity contribution in [2.24, 2.45) is 0 Å². The van der Waals surface area contributed by atoms with Gasteiger partial charge in [0.2, 0.25) is 5.91 Å². The van der Waals surface area contributed by atoms with E-state index in [9.17, 15) is 9.59 Å². The van der Waals surface area contributed by atoms with Gasteiger partial charge in [-0.1, -0.05) is 36.4 Å². The van der Waals surface area contributed by atoms with Gasteiger partial charge in [-0.25, -0.2) is 4.79 Å². The first-order valence-electron chi connectivity index (χ1n) is 9.60. The maximum atomic E-state index is 12.4. The molecular weight excluding hydrogens is 354 g/mol. The van der Waals surface area contributed by atoms with E-state index in [1.165, 1.54) is 5.56 Å². The molecule has 6 heteroatoms. The van der Waals surface area contributed by atoms with Crippen molar-refractivity contribution in [1.82, 2.24) is 10.6 Å². The summed E-state index contributed by atoms with van der Waals surface area (Å²) in [6.45, 7) is 2.45. The molecule has 0 aliphatic carbocycles. The Morgan fingerprint density at radius 2 is 2.00 bits per heavy atom. The summed E-state index contributed by atoms with van der Waals surface area (Å²) in [4.78, 5) is 26.3. The number of carbonyl (C=O) groups excluding carboxylic acids is 2. The number of benzene rings is 2. The van der Waals surface area contributed by atoms with E-state index in [2.05, 4.69) is 22.8 Å². The number of nitrogens with one attached hydrogen (secondary N) is 2. The van der Waals surface area contributed by atoms with Crippen LogP contribution in [-0.2, 0) is 11.2 Å². The molecule has 2 atom stereocenters. The van der Waals surface area contributed by atoms with E-state index in [4.69, 9.17) is 4.74 Å². The number of hydrogen-bond acceptors (Lipinski definition) is 3. The molecule has 3 amide bonds. The van der Waals surface area contributed by atoms with Crippen LogP contribution < -0.4 is 20.3 Å². The number of aryl methyl sites for hydroxylation is 1. The number of methoxy groups -OCH3 is 1. The minimum atomic E-state index is -0.231. The summed E-state index contributed by atoms with van der Waals surface area (Å²) in [5, 5.41) is 5.89. The zero-order chi connectivity index (χ0) is 19.9. The van der Waals surface area contributed by atoms with Crippen LogP contribution in [0.1, 0.15) is 25.3 Å². The molecule has 0 spiro atoms. The molecule has 0 radical (unpaired) electrons. The van der Waals surface area contributed by atoms with E-state index in [0.29, 0.717) is 18.7 Å². The second-order valence-corrected chi connectivity index (χ2v) is 7.15. The standard InChI is InChI=1S/C22H27N3O3/c1-16(11-12-17-7-4-3-5-8-17)23-22(27)24-18-13-21(26)25(15-18)19-9-6-10-20(14-19)28-2/h3-10,14,16,18H,11-13,15H2,1-2H3,(H2,23,24,27)/t16-,18-/m0/s1. The molecule has 0 aromatic heterocycles. The molecule has 1 fully saturated rings. The van der Waals surface area contributed by atoms with Crippen LogP contribution in [0.2, 0.25) is 0 Å². The molecule has 1 saturated heterocycles. The molecule has 2 N–H and O–H groups in total. The molecule has 1 aliphatic rings. The smallest absolute Gasteiger partial charge is 0.315 e. The number of hydrogen-bond donors (Lipinski definition) is 2. The zero-order valence-corrected chi connectivity index (χ0v) is 16.4. The van der Waals surface area contributed by atoms with Crippen LogP contribution in [0.15, 0.2) is 54.6 Å². The summed E-state index contributed by atoms with van der Waals surface area (Å²) in [5.74, 6) is 0.697. The van der Waals surface area contributed by atoms with E-state index in [-0.39, 0.29) is 24.0 Å². The fourth-order valence-corrected chi connectivity index (χ4v) is 3.38. The van der Waals surface area contributed by atoms with Crippen LogP contribution in [0.3, 0.4) is 0 Å². The third kappa shape index (κ3) is 5.25. The van der Waals surface area contributed by atoms with Gasteiger partial charge >= 0.3 is 6.03 Å². The minimum Gasteiger partial charge on any atom is -0.497 e. The fourth-order valence-electron chi connectivity index (χ4n) is 3.38. The highest BCUT2D eigenvalue weighted by molar-refractivity contribution is 5.97. The predicted molar refractivity (Wildman–Crippen MR) is 110 cm³/mol. The summed E-state index contributed by atoms with van der Waals surface area (Å²) >= 11 is 0. The number of carbonyl (C=O) groups is 2. The van der Waals surface area contributed by atoms with Crippen molar-refractivity contribution < 1.29 is 14.3 Å². The van der Waals surface area contributed by atoms with Gasteiger partial charge in [0.05, 0.1) is 13.2 Å². The van der Waals surface area contributed by atoms with E-state index in [0.717, 1.165) is 18.5 Å². The van der Waals surface area contributed by atoms with Crippen molar-refractivity contribution >= 4 is 17.6 Å². The van der Waals surface area contributed by atoms with E-state index < -0.39 is 0 Å². The first kappa shape index (κ1) is 19.7. The quantitative estimate of drug-likeness (QED) is 0.774. The number of urea groups is 1. The number of anilines is 1. The van der Waals surface area contributed by atoms with Crippen molar-refractivity contribution in [3.63, 3.8) is 0 Å². The lowest BCUT2D eigenvalue weighted by Crippen LogP contribution is -2.46. The average Bonchev–Trinajstić information content (AvgIpc) is 3.07. The van der Waals surface area contributed by atoms with Gasteiger partial charge < -0.3 is 20.3 Å². The first-order valence-corrected chi connectivity index (χ1v) is 9.60. The third-order valence-corrected chi connectivity index (χ3v) is 4.91. The van der Waals surface area contributed by atoms with Gasteiger partial charge in [-0.15, -0.1) is 0 Å². The number of ether oxygens (including phenoxy) is 1. The van der Waals surface area contributed by atoms with Crippen LogP contribution in [0.5, 0.6) is 5.75 Å². The minimum absolute atomic E-state index is 0.00400. The molecule has 3 rings (SSSR count). The molecule has 0 unspecified atom stereocenters. The summed E-state index contributed by atoms with van der Waals surface area (Å²) in [5.41, 5.74) is 2.04. The van der Waals surface area contributed by atoms with Crippen LogP contribution in [0.25, 0.3) is 0 Å². The summed E-state index contributed by atoms with van der Waals surface area (Å²) in [6, 6.07) is 17.2. The third-order valence-electron chi connectivity index (χ3n) is 4.91. The molecule has 6 nitrogen and oxygen atoms in total. The van der Waals surface area contributed by atoms with Gasteiger partial charge in [-0.3, -0.25) is 4.79 Å². The molecular formula is C22H27N3O3. The van der Waals surface area contributed by atoms with Gasteiger partial charge in [0, 0.05) is 30.8 Å². The molecule has 28 heavy (non-hydrogen) atoms. The molecule has 1 aliphatic heterocycles. The van der Waals surface area contributed by atoms with E-state index >= 15 is 0 Å². The molecule has 2 aromatic carbocycles. The van der Waals surface area contributed by atoms with Crippen LogP contribution in [-0.4, -0.2) is 37.7 Å². The molecule has 148 valence electrons. The average molecular weight is 381 g/mol.